The van der Waals surface area contributed by atoms with Crippen LogP contribution in [0.1, 0.15) is 17.5 Å². The van der Waals surface area contributed by atoms with Gasteiger partial charge >= 0.3 is 5.76 Å². The first kappa shape index (κ1) is 17.6. The molecule has 1 aliphatic carbocycles. The van der Waals surface area contributed by atoms with Crippen molar-refractivity contribution in [3.05, 3.63) is 47.3 Å². The first-order valence-corrected chi connectivity index (χ1v) is 9.07. The number of hydrogen-bond donors (Lipinski definition) is 0. The molecule has 25 heavy (non-hydrogen) atoms. The van der Waals surface area contributed by atoms with E-state index >= 15 is 0 Å². The van der Waals surface area contributed by atoms with Crippen molar-refractivity contribution >= 4 is 9.84 Å². The van der Waals surface area contributed by atoms with E-state index in [1.54, 1.807) is 0 Å². The first-order chi connectivity index (χ1) is 11.8. The van der Waals surface area contributed by atoms with E-state index in [0.29, 0.717) is 36.1 Å². The van der Waals surface area contributed by atoms with E-state index in [9.17, 15) is 21.6 Å². The van der Waals surface area contributed by atoms with Crippen molar-refractivity contribution in [3.8, 4) is 17.2 Å². The highest BCUT2D eigenvalue weighted by molar-refractivity contribution is 7.91. The average molecular weight is 372 g/mol. The van der Waals surface area contributed by atoms with Gasteiger partial charge in [-0.1, -0.05) is 0 Å². The van der Waals surface area contributed by atoms with Gasteiger partial charge in [0.2, 0.25) is 9.84 Å². The van der Waals surface area contributed by atoms with Gasteiger partial charge < -0.3 is 9.47 Å². The van der Waals surface area contributed by atoms with Gasteiger partial charge in [0.25, 0.3) is 0 Å². The topological polar surface area (TPSA) is 52.6 Å². The van der Waals surface area contributed by atoms with Crippen molar-refractivity contribution in [2.75, 3.05) is 7.11 Å². The minimum Gasteiger partial charge on any atom is -0.497 e. The molecule has 8 heteroatoms. The third-order valence-electron chi connectivity index (χ3n) is 4.05. The third-order valence-corrected chi connectivity index (χ3v) is 5.51. The van der Waals surface area contributed by atoms with Gasteiger partial charge in [-0.25, -0.2) is 12.8 Å². The maximum Gasteiger partial charge on any atom is 0.341 e. The second-order valence-electron chi connectivity index (χ2n) is 5.61. The van der Waals surface area contributed by atoms with Gasteiger partial charge in [-0.15, -0.1) is 0 Å². The molecule has 0 radical (unpaired) electrons. The molecule has 2 aromatic carbocycles. The van der Waals surface area contributed by atoms with Crippen LogP contribution in [0.25, 0.3) is 0 Å². The van der Waals surface area contributed by atoms with Crippen molar-refractivity contribution in [1.82, 2.24) is 0 Å². The Morgan fingerprint density at radius 1 is 1.04 bits per heavy atom. The molecule has 0 aliphatic heterocycles. The van der Waals surface area contributed by atoms with Gasteiger partial charge in [-0.3, -0.25) is 0 Å². The van der Waals surface area contributed by atoms with Crippen molar-refractivity contribution < 1.29 is 31.1 Å². The Hall–Kier alpha value is -2.22. The number of hydrogen-bond acceptors (Lipinski definition) is 4. The third kappa shape index (κ3) is 3.30. The summed E-state index contributed by atoms with van der Waals surface area (Å²) in [7, 11) is -3.29. The smallest absolute Gasteiger partial charge is 0.341 e. The number of rotatable bonds is 5. The number of methoxy groups -OCH3 is 1. The van der Waals surface area contributed by atoms with Crippen molar-refractivity contribution in [2.45, 2.75) is 29.9 Å². The number of fused-ring (bicyclic) bond motifs is 1. The maximum atomic E-state index is 13.6. The predicted octanol–water partition coefficient (Wildman–Crippen LogP) is 4.11. The molecule has 4 nitrogen and oxygen atoms in total. The predicted molar refractivity (Wildman–Crippen MR) is 84.7 cm³/mol. The molecule has 0 amide bonds. The number of halogens is 3. The van der Waals surface area contributed by atoms with Gasteiger partial charge in [0, 0.05) is 18.2 Å². The summed E-state index contributed by atoms with van der Waals surface area (Å²) in [6.45, 7) is 0. The molecule has 0 heterocycles. The molecule has 0 bridgehead atoms. The van der Waals surface area contributed by atoms with Gasteiger partial charge in [-0.2, -0.15) is 8.78 Å². The van der Waals surface area contributed by atoms with Gasteiger partial charge in [0.05, 0.1) is 12.0 Å². The largest absolute Gasteiger partial charge is 0.497 e. The van der Waals surface area contributed by atoms with Crippen LogP contribution in [0.4, 0.5) is 13.2 Å². The fraction of sp³-hybridized carbons (Fsp3) is 0.294. The molecule has 1 aliphatic rings. The van der Waals surface area contributed by atoms with E-state index in [1.165, 1.54) is 25.3 Å². The van der Waals surface area contributed by atoms with E-state index in [1.807, 2.05) is 0 Å². The van der Waals surface area contributed by atoms with Gasteiger partial charge in [0.15, 0.2) is 0 Å². The molecular weight excluding hydrogens is 357 g/mol. The lowest BCUT2D eigenvalue weighted by Gasteiger charge is -2.14. The summed E-state index contributed by atoms with van der Waals surface area (Å²) < 4.78 is 73.6. The fourth-order valence-electron chi connectivity index (χ4n) is 2.94. The van der Waals surface area contributed by atoms with Crippen LogP contribution in [-0.4, -0.2) is 21.3 Å². The Morgan fingerprint density at radius 2 is 1.72 bits per heavy atom. The quantitative estimate of drug-likeness (QED) is 0.793. The van der Waals surface area contributed by atoms with Crippen LogP contribution in [-0.2, 0) is 22.7 Å². The minimum atomic E-state index is -4.68. The van der Waals surface area contributed by atoms with Crippen LogP contribution in [0.3, 0.4) is 0 Å². The average Bonchev–Trinajstić information content (AvgIpc) is 3.04. The van der Waals surface area contributed by atoms with Crippen LogP contribution < -0.4 is 9.47 Å². The lowest BCUT2D eigenvalue weighted by Crippen LogP contribution is -2.14. The molecule has 2 aromatic rings. The van der Waals surface area contributed by atoms with Crippen LogP contribution in [0.15, 0.2) is 35.2 Å². The summed E-state index contributed by atoms with van der Waals surface area (Å²) in [5, 5.41) is 0. The summed E-state index contributed by atoms with van der Waals surface area (Å²) in [5.41, 5.74) is 0.908. The molecule has 0 spiro atoms. The zero-order valence-corrected chi connectivity index (χ0v) is 14.1. The number of benzene rings is 2. The number of sulfone groups is 1. The molecule has 0 atom stereocenters. The van der Waals surface area contributed by atoms with Crippen LogP contribution >= 0.6 is 0 Å². The van der Waals surface area contributed by atoms with Crippen LogP contribution in [0, 0.1) is 5.82 Å². The monoisotopic (exact) mass is 372 g/mol. The molecule has 0 N–H and O–H groups in total. The van der Waals surface area contributed by atoms with Crippen LogP contribution in [0.5, 0.6) is 17.2 Å². The Kier molecular flexibility index (Phi) is 4.64. The second-order valence-corrected chi connectivity index (χ2v) is 7.49. The van der Waals surface area contributed by atoms with E-state index in [-0.39, 0.29) is 16.4 Å². The second kappa shape index (κ2) is 6.59. The highest BCUT2D eigenvalue weighted by Gasteiger charge is 2.32. The zero-order valence-electron chi connectivity index (χ0n) is 13.3. The van der Waals surface area contributed by atoms with E-state index in [2.05, 4.69) is 0 Å². The Labute approximate surface area is 143 Å². The zero-order chi connectivity index (χ0) is 18.2. The minimum absolute atomic E-state index is 0.176. The summed E-state index contributed by atoms with van der Waals surface area (Å²) in [6, 6.07) is 6.28. The molecular formula is C17H15F3O4S. The Balaban J connectivity index is 2.03. The van der Waals surface area contributed by atoms with Gasteiger partial charge in [-0.05, 0) is 42.5 Å². The summed E-state index contributed by atoms with van der Waals surface area (Å²) in [5.74, 6) is -3.26. The van der Waals surface area contributed by atoms with Crippen molar-refractivity contribution in [3.63, 3.8) is 0 Å². The molecule has 0 aromatic heterocycles. The SMILES string of the molecule is COc1cc(F)cc(Oc2ccc(S(=O)(=O)C(F)F)c3c2CCC3)c1. The van der Waals surface area contributed by atoms with Crippen molar-refractivity contribution in [2.24, 2.45) is 0 Å². The lowest BCUT2D eigenvalue weighted by atomic mass is 10.1. The standard InChI is InChI=1S/C17H15F3O4S/c1-23-11-7-10(18)8-12(9-11)24-15-5-6-16(25(21,22)17(19)20)14-4-2-3-13(14)15/h5-9,17H,2-4H2,1H3. The highest BCUT2D eigenvalue weighted by atomic mass is 32.2. The molecule has 0 saturated carbocycles. The molecule has 0 fully saturated rings. The molecule has 3 rings (SSSR count). The summed E-state index contributed by atoms with van der Waals surface area (Å²) in [4.78, 5) is -0.362. The number of alkyl halides is 2. The summed E-state index contributed by atoms with van der Waals surface area (Å²) in [6.07, 6.45) is 1.51. The van der Waals surface area contributed by atoms with E-state index in [4.69, 9.17) is 9.47 Å². The molecule has 0 saturated heterocycles. The first-order valence-electron chi connectivity index (χ1n) is 7.52. The van der Waals surface area contributed by atoms with Gasteiger partial charge in [0.1, 0.15) is 23.1 Å². The van der Waals surface area contributed by atoms with Crippen LogP contribution in [0.2, 0.25) is 0 Å². The maximum absolute atomic E-state index is 13.6. The number of ether oxygens (including phenoxy) is 2. The summed E-state index contributed by atoms with van der Waals surface area (Å²) >= 11 is 0. The Bertz CT molecular complexity index is 910. The molecule has 0 unspecified atom stereocenters. The van der Waals surface area contributed by atoms with Crippen molar-refractivity contribution in [1.29, 1.82) is 0 Å². The fourth-order valence-corrected chi connectivity index (χ4v) is 3.96. The van der Waals surface area contributed by atoms with E-state index in [0.717, 1.165) is 12.1 Å². The lowest BCUT2D eigenvalue weighted by molar-refractivity contribution is 0.234. The normalized spacial score (nSPS) is 13.8. The molecule has 134 valence electrons. The Morgan fingerprint density at radius 3 is 2.40 bits per heavy atom. The highest BCUT2D eigenvalue weighted by Crippen LogP contribution is 2.39. The van der Waals surface area contributed by atoms with E-state index < -0.39 is 21.4 Å².